The lowest BCUT2D eigenvalue weighted by Crippen LogP contribution is -2.55. The SMILES string of the molecule is COC(C)C(NC(=O)OCC1c2ccccc2-c2ccccc21)C(=O)NC1CCCC1C(=O)O. The monoisotopic (exact) mass is 466 g/mol. The molecule has 0 heterocycles. The number of carbonyl (C=O) groups is 3. The number of rotatable bonds is 8. The molecule has 8 heteroatoms. The van der Waals surface area contributed by atoms with Crippen molar-refractivity contribution in [3.63, 3.8) is 0 Å². The minimum absolute atomic E-state index is 0.0971. The van der Waals surface area contributed by atoms with E-state index >= 15 is 0 Å². The highest BCUT2D eigenvalue weighted by Gasteiger charge is 2.37. The van der Waals surface area contributed by atoms with Gasteiger partial charge in [0.15, 0.2) is 0 Å². The van der Waals surface area contributed by atoms with Crippen LogP contribution in [0.2, 0.25) is 0 Å². The van der Waals surface area contributed by atoms with E-state index in [1.807, 2.05) is 36.4 Å². The first-order chi connectivity index (χ1) is 16.4. The van der Waals surface area contributed by atoms with Gasteiger partial charge in [0.05, 0.1) is 12.0 Å². The number of carboxylic acids is 1. The third-order valence-corrected chi connectivity index (χ3v) is 6.90. The summed E-state index contributed by atoms with van der Waals surface area (Å²) < 4.78 is 10.9. The van der Waals surface area contributed by atoms with E-state index in [1.165, 1.54) is 7.11 Å². The summed E-state index contributed by atoms with van der Waals surface area (Å²) in [6, 6.07) is 14.6. The Hall–Kier alpha value is -3.39. The topological polar surface area (TPSA) is 114 Å². The fourth-order valence-corrected chi connectivity index (χ4v) is 5.00. The zero-order valence-electron chi connectivity index (χ0n) is 19.3. The normalized spacial score (nSPS) is 20.6. The number of methoxy groups -OCH3 is 1. The number of hydrogen-bond acceptors (Lipinski definition) is 5. The number of hydrogen-bond donors (Lipinski definition) is 3. The number of amides is 2. The first-order valence-electron chi connectivity index (χ1n) is 11.6. The van der Waals surface area contributed by atoms with Crippen molar-refractivity contribution in [2.75, 3.05) is 13.7 Å². The number of nitrogens with one attached hydrogen (secondary N) is 2. The third-order valence-electron chi connectivity index (χ3n) is 6.90. The van der Waals surface area contributed by atoms with Gasteiger partial charge in [0.1, 0.15) is 12.6 Å². The molecule has 1 fully saturated rings. The van der Waals surface area contributed by atoms with Crippen molar-refractivity contribution in [2.45, 2.75) is 50.3 Å². The summed E-state index contributed by atoms with van der Waals surface area (Å²) >= 11 is 0. The Morgan fingerprint density at radius 1 is 1.03 bits per heavy atom. The van der Waals surface area contributed by atoms with Gasteiger partial charge in [-0.3, -0.25) is 9.59 Å². The van der Waals surface area contributed by atoms with Crippen LogP contribution in [0, 0.1) is 5.92 Å². The maximum Gasteiger partial charge on any atom is 0.407 e. The van der Waals surface area contributed by atoms with Gasteiger partial charge in [-0.25, -0.2) is 4.79 Å². The van der Waals surface area contributed by atoms with Gasteiger partial charge in [0.25, 0.3) is 0 Å². The molecule has 1 saturated carbocycles. The fraction of sp³-hybridized carbons (Fsp3) is 0.423. The molecule has 0 bridgehead atoms. The van der Waals surface area contributed by atoms with Gasteiger partial charge in [-0.15, -0.1) is 0 Å². The number of benzene rings is 2. The minimum Gasteiger partial charge on any atom is -0.481 e. The zero-order valence-corrected chi connectivity index (χ0v) is 19.3. The van der Waals surface area contributed by atoms with Gasteiger partial charge < -0.3 is 25.2 Å². The van der Waals surface area contributed by atoms with Crippen LogP contribution in [0.25, 0.3) is 11.1 Å². The first-order valence-corrected chi connectivity index (χ1v) is 11.6. The second-order valence-corrected chi connectivity index (χ2v) is 8.88. The van der Waals surface area contributed by atoms with Crippen LogP contribution in [-0.4, -0.2) is 55.0 Å². The van der Waals surface area contributed by atoms with Crippen LogP contribution in [0.5, 0.6) is 0 Å². The Morgan fingerprint density at radius 2 is 1.65 bits per heavy atom. The van der Waals surface area contributed by atoms with E-state index in [9.17, 15) is 19.5 Å². The highest BCUT2D eigenvalue weighted by Crippen LogP contribution is 2.44. The maximum absolute atomic E-state index is 12.9. The molecule has 0 radical (unpaired) electrons. The number of carbonyl (C=O) groups excluding carboxylic acids is 2. The molecular weight excluding hydrogens is 436 g/mol. The first kappa shape index (κ1) is 23.8. The van der Waals surface area contributed by atoms with Crippen molar-refractivity contribution in [1.29, 1.82) is 0 Å². The van der Waals surface area contributed by atoms with Crippen LogP contribution in [0.4, 0.5) is 4.79 Å². The van der Waals surface area contributed by atoms with Gasteiger partial charge in [-0.05, 0) is 42.0 Å². The lowest BCUT2D eigenvalue weighted by Gasteiger charge is -2.26. The summed E-state index contributed by atoms with van der Waals surface area (Å²) in [6.07, 6.45) is 0.468. The molecule has 3 N–H and O–H groups in total. The molecule has 4 atom stereocenters. The van der Waals surface area contributed by atoms with Crippen molar-refractivity contribution >= 4 is 18.0 Å². The summed E-state index contributed by atoms with van der Waals surface area (Å²) in [5.74, 6) is -2.14. The van der Waals surface area contributed by atoms with E-state index in [0.29, 0.717) is 12.8 Å². The Bertz CT molecular complexity index is 1030. The largest absolute Gasteiger partial charge is 0.481 e. The smallest absolute Gasteiger partial charge is 0.407 e. The summed E-state index contributed by atoms with van der Waals surface area (Å²) in [5, 5.41) is 14.8. The van der Waals surface area contributed by atoms with Crippen LogP contribution in [0.15, 0.2) is 48.5 Å². The Labute approximate surface area is 198 Å². The van der Waals surface area contributed by atoms with Gasteiger partial charge in [0.2, 0.25) is 5.91 Å². The molecule has 2 aliphatic rings. The molecule has 4 rings (SSSR count). The van der Waals surface area contributed by atoms with E-state index in [2.05, 4.69) is 22.8 Å². The van der Waals surface area contributed by atoms with Crippen molar-refractivity contribution in [3.05, 3.63) is 59.7 Å². The van der Waals surface area contributed by atoms with Crippen LogP contribution in [0.3, 0.4) is 0 Å². The predicted octanol–water partition coefficient (Wildman–Crippen LogP) is 3.30. The van der Waals surface area contributed by atoms with Crippen LogP contribution in [0.1, 0.15) is 43.2 Å². The number of aliphatic carboxylic acids is 1. The molecule has 2 aromatic rings. The Morgan fingerprint density at radius 3 is 2.24 bits per heavy atom. The summed E-state index contributed by atoms with van der Waals surface area (Å²) in [7, 11) is 1.44. The van der Waals surface area contributed by atoms with Crippen molar-refractivity contribution in [2.24, 2.45) is 5.92 Å². The number of carboxylic acid groups (broad SMARTS) is 1. The third kappa shape index (κ3) is 4.77. The van der Waals surface area contributed by atoms with E-state index in [1.54, 1.807) is 6.92 Å². The molecule has 0 aliphatic heterocycles. The lowest BCUT2D eigenvalue weighted by molar-refractivity contribution is -0.142. The lowest BCUT2D eigenvalue weighted by atomic mass is 9.98. The second-order valence-electron chi connectivity index (χ2n) is 8.88. The minimum atomic E-state index is -1.02. The molecule has 2 aromatic carbocycles. The maximum atomic E-state index is 12.9. The molecule has 2 aliphatic carbocycles. The molecule has 2 amide bonds. The van der Waals surface area contributed by atoms with E-state index in [-0.39, 0.29) is 12.5 Å². The average Bonchev–Trinajstić information content (AvgIpc) is 3.43. The molecule has 180 valence electrons. The van der Waals surface area contributed by atoms with Gasteiger partial charge >= 0.3 is 12.1 Å². The molecule has 34 heavy (non-hydrogen) atoms. The number of ether oxygens (including phenoxy) is 2. The summed E-state index contributed by atoms with van der Waals surface area (Å²) in [6.45, 7) is 1.79. The van der Waals surface area contributed by atoms with Gasteiger partial charge in [-0.2, -0.15) is 0 Å². The highest BCUT2D eigenvalue weighted by molar-refractivity contribution is 5.87. The Kier molecular flexibility index (Phi) is 7.17. The Balaban J connectivity index is 1.41. The van der Waals surface area contributed by atoms with E-state index in [4.69, 9.17) is 9.47 Å². The molecule has 0 spiro atoms. The standard InChI is InChI=1S/C26H30N2O6/c1-15(33-2)23(24(29)27-22-13-7-12-20(22)25(30)31)28-26(32)34-14-21-18-10-5-3-8-16(18)17-9-4-6-11-19(17)21/h3-6,8-11,15,20-23H,7,12-14H2,1-2H3,(H,27,29)(H,28,32)(H,30,31). The average molecular weight is 467 g/mol. The zero-order chi connectivity index (χ0) is 24.2. The molecule has 0 aromatic heterocycles. The van der Waals surface area contributed by atoms with Gasteiger partial charge in [-0.1, -0.05) is 55.0 Å². The fourth-order valence-electron chi connectivity index (χ4n) is 5.00. The van der Waals surface area contributed by atoms with Gasteiger partial charge in [0, 0.05) is 19.1 Å². The molecular formula is C26H30N2O6. The predicted molar refractivity (Wildman–Crippen MR) is 125 cm³/mol. The van der Waals surface area contributed by atoms with Crippen LogP contribution >= 0.6 is 0 Å². The summed E-state index contributed by atoms with van der Waals surface area (Å²) in [4.78, 5) is 37.1. The van der Waals surface area contributed by atoms with Crippen LogP contribution < -0.4 is 10.6 Å². The van der Waals surface area contributed by atoms with Crippen molar-refractivity contribution in [3.8, 4) is 11.1 Å². The molecule has 8 nitrogen and oxygen atoms in total. The second kappa shape index (κ2) is 10.3. The number of fused-ring (bicyclic) bond motifs is 3. The highest BCUT2D eigenvalue weighted by atomic mass is 16.5. The molecule has 0 saturated heterocycles. The van der Waals surface area contributed by atoms with Crippen LogP contribution in [-0.2, 0) is 19.1 Å². The van der Waals surface area contributed by atoms with E-state index in [0.717, 1.165) is 28.7 Å². The summed E-state index contributed by atoms with van der Waals surface area (Å²) in [5.41, 5.74) is 4.44. The number of alkyl carbamates (subject to hydrolysis) is 1. The van der Waals surface area contributed by atoms with Crippen molar-refractivity contribution in [1.82, 2.24) is 10.6 Å². The van der Waals surface area contributed by atoms with Crippen molar-refractivity contribution < 1.29 is 29.0 Å². The molecule has 4 unspecified atom stereocenters. The van der Waals surface area contributed by atoms with E-state index < -0.39 is 42.1 Å². The quantitative estimate of drug-likeness (QED) is 0.550.